The molecule has 0 atom stereocenters. The third kappa shape index (κ3) is 2.26. The predicted molar refractivity (Wildman–Crippen MR) is 79.5 cm³/mol. The number of para-hydroxylation sites is 1. The minimum Gasteiger partial charge on any atom is -0.496 e. The van der Waals surface area contributed by atoms with Gasteiger partial charge in [0.25, 0.3) is 0 Å². The molecule has 0 aliphatic carbocycles. The molecule has 0 aliphatic rings. The molecule has 0 saturated heterocycles. The molecule has 3 nitrogen and oxygen atoms in total. The number of methoxy groups -OCH3 is 1. The lowest BCUT2D eigenvalue weighted by molar-refractivity contribution is 0.416. The van der Waals surface area contributed by atoms with Crippen LogP contribution < -0.4 is 4.74 Å². The first-order valence-corrected chi connectivity index (χ1v) is 6.38. The van der Waals surface area contributed by atoms with Crippen molar-refractivity contribution in [3.05, 3.63) is 67.3 Å². The van der Waals surface area contributed by atoms with E-state index in [1.807, 2.05) is 42.6 Å². The zero-order chi connectivity index (χ0) is 13.8. The van der Waals surface area contributed by atoms with Crippen LogP contribution in [0.15, 0.2) is 67.3 Å². The number of pyridine rings is 2. The monoisotopic (exact) mass is 262 g/mol. The van der Waals surface area contributed by atoms with Gasteiger partial charge in [-0.05, 0) is 35.4 Å². The highest BCUT2D eigenvalue weighted by Crippen LogP contribution is 2.36. The van der Waals surface area contributed by atoms with Gasteiger partial charge in [0.15, 0.2) is 0 Å². The lowest BCUT2D eigenvalue weighted by atomic mass is 9.96. The first-order chi connectivity index (χ1) is 9.90. The van der Waals surface area contributed by atoms with Gasteiger partial charge in [0.2, 0.25) is 0 Å². The fourth-order valence-corrected chi connectivity index (χ4v) is 2.26. The minimum absolute atomic E-state index is 0.856. The molecule has 98 valence electrons. The van der Waals surface area contributed by atoms with E-state index >= 15 is 0 Å². The largest absolute Gasteiger partial charge is 0.496 e. The van der Waals surface area contributed by atoms with E-state index in [2.05, 4.69) is 16.0 Å². The summed E-state index contributed by atoms with van der Waals surface area (Å²) in [6.07, 6.45) is 7.24. The van der Waals surface area contributed by atoms with Crippen LogP contribution in [0.3, 0.4) is 0 Å². The molecule has 3 heteroatoms. The molecule has 1 aromatic carbocycles. The molecule has 2 aromatic heterocycles. The van der Waals surface area contributed by atoms with Gasteiger partial charge in [0, 0.05) is 35.9 Å². The summed E-state index contributed by atoms with van der Waals surface area (Å²) in [5.74, 6) is 0.856. The van der Waals surface area contributed by atoms with Gasteiger partial charge >= 0.3 is 0 Å². The first-order valence-electron chi connectivity index (χ1n) is 6.38. The predicted octanol–water partition coefficient (Wildman–Crippen LogP) is 3.82. The van der Waals surface area contributed by atoms with E-state index < -0.39 is 0 Å². The molecular weight excluding hydrogens is 248 g/mol. The average molecular weight is 262 g/mol. The van der Waals surface area contributed by atoms with Crippen molar-refractivity contribution in [1.29, 1.82) is 0 Å². The number of hydrogen-bond donors (Lipinski definition) is 0. The highest BCUT2D eigenvalue weighted by Gasteiger charge is 2.11. The Balaban J connectivity index is 2.20. The van der Waals surface area contributed by atoms with E-state index in [1.165, 1.54) is 0 Å². The van der Waals surface area contributed by atoms with Crippen molar-refractivity contribution in [2.45, 2.75) is 0 Å². The van der Waals surface area contributed by atoms with E-state index in [0.29, 0.717) is 0 Å². The van der Waals surface area contributed by atoms with Crippen molar-refractivity contribution in [3.8, 4) is 28.0 Å². The summed E-state index contributed by atoms with van der Waals surface area (Å²) in [7, 11) is 1.69. The smallest absolute Gasteiger partial charge is 0.126 e. The topological polar surface area (TPSA) is 35.0 Å². The lowest BCUT2D eigenvalue weighted by Crippen LogP contribution is -1.91. The normalized spacial score (nSPS) is 10.2. The van der Waals surface area contributed by atoms with E-state index in [0.717, 1.165) is 28.0 Å². The van der Waals surface area contributed by atoms with Gasteiger partial charge in [0.1, 0.15) is 5.75 Å². The number of rotatable bonds is 3. The van der Waals surface area contributed by atoms with E-state index in [-0.39, 0.29) is 0 Å². The molecule has 0 radical (unpaired) electrons. The van der Waals surface area contributed by atoms with Gasteiger partial charge in [0.05, 0.1) is 7.11 Å². The molecule has 0 amide bonds. The average Bonchev–Trinajstić information content (AvgIpc) is 2.55. The van der Waals surface area contributed by atoms with Crippen LogP contribution in [-0.4, -0.2) is 17.1 Å². The van der Waals surface area contributed by atoms with E-state index in [4.69, 9.17) is 4.74 Å². The molecule has 0 N–H and O–H groups in total. The fourth-order valence-electron chi connectivity index (χ4n) is 2.26. The zero-order valence-electron chi connectivity index (χ0n) is 11.2. The molecule has 0 aliphatic heterocycles. The number of nitrogens with zero attached hydrogens (tertiary/aromatic N) is 2. The molecule has 3 rings (SSSR count). The van der Waals surface area contributed by atoms with Crippen LogP contribution in [0.1, 0.15) is 0 Å². The van der Waals surface area contributed by atoms with Crippen LogP contribution in [0.5, 0.6) is 5.75 Å². The van der Waals surface area contributed by atoms with Gasteiger partial charge in [-0.25, -0.2) is 0 Å². The molecule has 0 unspecified atom stereocenters. The van der Waals surface area contributed by atoms with Crippen molar-refractivity contribution < 1.29 is 4.74 Å². The maximum absolute atomic E-state index is 5.46. The van der Waals surface area contributed by atoms with Crippen LogP contribution in [0.2, 0.25) is 0 Å². The summed E-state index contributed by atoms with van der Waals surface area (Å²) in [6.45, 7) is 0. The SMILES string of the molecule is COc1ccccc1-c1ccncc1-c1ccncc1. The zero-order valence-corrected chi connectivity index (χ0v) is 11.2. The quantitative estimate of drug-likeness (QED) is 0.719. The Morgan fingerprint density at radius 3 is 2.30 bits per heavy atom. The third-order valence-electron chi connectivity index (χ3n) is 3.21. The second-order valence-electron chi connectivity index (χ2n) is 4.36. The van der Waals surface area contributed by atoms with Gasteiger partial charge in [-0.1, -0.05) is 18.2 Å². The van der Waals surface area contributed by atoms with Crippen LogP contribution in [-0.2, 0) is 0 Å². The second kappa shape index (κ2) is 5.53. The number of aromatic nitrogens is 2. The fraction of sp³-hybridized carbons (Fsp3) is 0.0588. The summed E-state index contributed by atoms with van der Waals surface area (Å²) in [5, 5.41) is 0. The van der Waals surface area contributed by atoms with Gasteiger partial charge in [-0.15, -0.1) is 0 Å². The van der Waals surface area contributed by atoms with Crippen molar-refractivity contribution in [1.82, 2.24) is 9.97 Å². The Labute approximate surface area is 117 Å². The summed E-state index contributed by atoms with van der Waals surface area (Å²) in [4.78, 5) is 8.30. The van der Waals surface area contributed by atoms with Gasteiger partial charge < -0.3 is 4.74 Å². The van der Waals surface area contributed by atoms with E-state index in [9.17, 15) is 0 Å². The summed E-state index contributed by atoms with van der Waals surface area (Å²) in [6, 6.07) is 14.0. The van der Waals surface area contributed by atoms with Crippen LogP contribution >= 0.6 is 0 Å². The van der Waals surface area contributed by atoms with Gasteiger partial charge in [-0.2, -0.15) is 0 Å². The Morgan fingerprint density at radius 2 is 1.50 bits per heavy atom. The molecule has 0 saturated carbocycles. The number of benzene rings is 1. The van der Waals surface area contributed by atoms with Crippen molar-refractivity contribution in [2.24, 2.45) is 0 Å². The maximum Gasteiger partial charge on any atom is 0.126 e. The number of hydrogen-bond acceptors (Lipinski definition) is 3. The van der Waals surface area contributed by atoms with Crippen LogP contribution in [0.25, 0.3) is 22.3 Å². The van der Waals surface area contributed by atoms with Crippen LogP contribution in [0, 0.1) is 0 Å². The van der Waals surface area contributed by atoms with Crippen LogP contribution in [0.4, 0.5) is 0 Å². The Kier molecular flexibility index (Phi) is 3.42. The third-order valence-corrected chi connectivity index (χ3v) is 3.21. The standard InChI is InChI=1S/C17H14N2O/c1-20-17-5-3-2-4-15(17)14-8-11-19-12-16(14)13-6-9-18-10-7-13/h2-12H,1H3. The molecule has 2 heterocycles. The molecule has 0 bridgehead atoms. The molecule has 0 spiro atoms. The molecule has 20 heavy (non-hydrogen) atoms. The Morgan fingerprint density at radius 1 is 0.750 bits per heavy atom. The van der Waals surface area contributed by atoms with Crippen molar-refractivity contribution in [3.63, 3.8) is 0 Å². The van der Waals surface area contributed by atoms with Gasteiger partial charge in [-0.3, -0.25) is 9.97 Å². The lowest BCUT2D eigenvalue weighted by Gasteiger charge is -2.12. The van der Waals surface area contributed by atoms with E-state index in [1.54, 1.807) is 25.7 Å². The summed E-state index contributed by atoms with van der Waals surface area (Å²) >= 11 is 0. The first kappa shape index (κ1) is 12.4. The summed E-state index contributed by atoms with van der Waals surface area (Å²) in [5.41, 5.74) is 4.32. The highest BCUT2D eigenvalue weighted by molar-refractivity contribution is 5.85. The molecule has 0 fully saturated rings. The number of ether oxygens (including phenoxy) is 1. The summed E-state index contributed by atoms with van der Waals surface area (Å²) < 4.78 is 5.46. The van der Waals surface area contributed by atoms with Crippen molar-refractivity contribution in [2.75, 3.05) is 7.11 Å². The Bertz CT molecular complexity index is 711. The maximum atomic E-state index is 5.46. The second-order valence-corrected chi connectivity index (χ2v) is 4.36. The highest BCUT2D eigenvalue weighted by atomic mass is 16.5. The van der Waals surface area contributed by atoms with Crippen molar-refractivity contribution >= 4 is 0 Å². The molecular formula is C17H14N2O. The minimum atomic E-state index is 0.856. The molecule has 3 aromatic rings. The Hall–Kier alpha value is -2.68.